The van der Waals surface area contributed by atoms with Gasteiger partial charge >= 0.3 is 0 Å². The maximum Gasteiger partial charge on any atom is 0.273 e. The molecule has 37 heavy (non-hydrogen) atoms. The molecule has 3 rings (SSSR count). The molecule has 2 aromatic rings. The number of nitrogens with two attached hydrogens (primary N) is 1. The van der Waals surface area contributed by atoms with E-state index >= 15 is 0 Å². The van der Waals surface area contributed by atoms with Crippen molar-refractivity contribution in [1.82, 2.24) is 19.9 Å². The van der Waals surface area contributed by atoms with E-state index < -0.39 is 11.9 Å². The molecule has 0 bridgehead atoms. The molecule has 2 heterocycles. The van der Waals surface area contributed by atoms with Gasteiger partial charge in [-0.05, 0) is 61.2 Å². The molecule has 1 fully saturated rings. The average molecular weight is 532 g/mol. The number of rotatable bonds is 12. The molecular formula is C27H41N5O4S. The van der Waals surface area contributed by atoms with Crippen LogP contribution < -0.4 is 16.4 Å². The topological polar surface area (TPSA) is 131 Å². The van der Waals surface area contributed by atoms with Crippen LogP contribution in [0.5, 0.6) is 0 Å². The Kier molecular flexibility index (Phi) is 10.5. The van der Waals surface area contributed by atoms with Gasteiger partial charge in [0.05, 0.1) is 18.5 Å². The zero-order valence-corrected chi connectivity index (χ0v) is 23.2. The molecule has 0 radical (unpaired) electrons. The fraction of sp³-hybridized carbons (Fsp3) is 0.630. The van der Waals surface area contributed by atoms with E-state index in [2.05, 4.69) is 28.9 Å². The first-order chi connectivity index (χ1) is 17.7. The fourth-order valence-corrected chi connectivity index (χ4v) is 5.32. The lowest BCUT2D eigenvalue weighted by Gasteiger charge is -2.31. The summed E-state index contributed by atoms with van der Waals surface area (Å²) in [6, 6.07) is 2.88. The summed E-state index contributed by atoms with van der Waals surface area (Å²) in [5.41, 5.74) is 6.45. The number of nitrogen functional groups attached to an aromatic ring is 1. The van der Waals surface area contributed by atoms with E-state index in [1.165, 1.54) is 17.6 Å². The molecule has 2 aromatic heterocycles. The highest BCUT2D eigenvalue weighted by Gasteiger charge is 2.35. The SMILES string of the molecule is CC(C)CCNC(=O)[C@@H](CC(C)C)N(Cc1ccco1)C(=O)c1snc(C(=O)NC2CCCCC2)c1N. The molecule has 0 aromatic carbocycles. The number of hydrogen-bond donors (Lipinski definition) is 3. The minimum atomic E-state index is -0.731. The number of furan rings is 1. The summed E-state index contributed by atoms with van der Waals surface area (Å²) >= 11 is 0.896. The minimum Gasteiger partial charge on any atom is -0.467 e. The van der Waals surface area contributed by atoms with Crippen molar-refractivity contribution in [2.24, 2.45) is 11.8 Å². The lowest BCUT2D eigenvalue weighted by Crippen LogP contribution is -2.50. The number of nitrogens with zero attached hydrogens (tertiary/aromatic N) is 2. The molecule has 0 spiro atoms. The minimum absolute atomic E-state index is 0.0521. The molecule has 1 saturated carbocycles. The molecular weight excluding hydrogens is 490 g/mol. The lowest BCUT2D eigenvalue weighted by molar-refractivity contribution is -0.126. The normalized spacial score (nSPS) is 15.1. The van der Waals surface area contributed by atoms with Gasteiger partial charge in [-0.2, -0.15) is 4.37 Å². The molecule has 10 heteroatoms. The van der Waals surface area contributed by atoms with Crippen LogP contribution >= 0.6 is 11.5 Å². The third-order valence-corrected chi connectivity index (χ3v) is 7.49. The quantitative estimate of drug-likeness (QED) is 0.367. The zero-order chi connectivity index (χ0) is 26.9. The first-order valence-electron chi connectivity index (χ1n) is 13.3. The summed E-state index contributed by atoms with van der Waals surface area (Å²) in [5.74, 6) is 0.140. The van der Waals surface area contributed by atoms with Crippen molar-refractivity contribution in [1.29, 1.82) is 0 Å². The molecule has 0 aliphatic heterocycles. The molecule has 0 unspecified atom stereocenters. The van der Waals surface area contributed by atoms with E-state index in [-0.39, 0.29) is 46.6 Å². The number of carbonyl (C=O) groups is 3. The number of carbonyl (C=O) groups excluding carboxylic acids is 3. The van der Waals surface area contributed by atoms with Gasteiger partial charge in [-0.3, -0.25) is 14.4 Å². The summed E-state index contributed by atoms with van der Waals surface area (Å²) in [7, 11) is 0. The van der Waals surface area contributed by atoms with Crippen molar-refractivity contribution < 1.29 is 18.8 Å². The Balaban J connectivity index is 1.86. The highest BCUT2D eigenvalue weighted by molar-refractivity contribution is 7.09. The van der Waals surface area contributed by atoms with Gasteiger partial charge < -0.3 is 25.7 Å². The highest BCUT2D eigenvalue weighted by Crippen LogP contribution is 2.28. The monoisotopic (exact) mass is 531 g/mol. The Morgan fingerprint density at radius 3 is 2.51 bits per heavy atom. The predicted octanol–water partition coefficient (Wildman–Crippen LogP) is 4.60. The molecule has 1 aliphatic rings. The number of nitrogens with one attached hydrogen (secondary N) is 2. The number of aromatic nitrogens is 1. The van der Waals surface area contributed by atoms with E-state index in [4.69, 9.17) is 10.2 Å². The predicted molar refractivity (Wildman–Crippen MR) is 145 cm³/mol. The van der Waals surface area contributed by atoms with Gasteiger partial charge in [-0.15, -0.1) is 0 Å². The van der Waals surface area contributed by atoms with Gasteiger partial charge in [0.25, 0.3) is 11.8 Å². The third-order valence-electron chi connectivity index (χ3n) is 6.64. The summed E-state index contributed by atoms with van der Waals surface area (Å²) in [5, 5.41) is 6.01. The standard InChI is InChI=1S/C27H41N5O4S/c1-17(2)12-13-29-25(33)21(15-18(3)4)32(16-20-11-8-14-36-20)27(35)24-22(28)23(31-37-24)26(34)30-19-9-6-5-7-10-19/h8,11,14,17-19,21H,5-7,9-10,12-13,15-16,28H2,1-4H3,(H,29,33)(H,30,34)/t21-/m1/s1. The Morgan fingerprint density at radius 1 is 1.16 bits per heavy atom. The summed E-state index contributed by atoms with van der Waals surface area (Å²) in [4.78, 5) is 41.8. The summed E-state index contributed by atoms with van der Waals surface area (Å²) in [6.45, 7) is 8.85. The van der Waals surface area contributed by atoms with Gasteiger partial charge in [0.1, 0.15) is 16.7 Å². The van der Waals surface area contributed by atoms with Gasteiger partial charge in [-0.1, -0.05) is 47.0 Å². The number of hydrogen-bond acceptors (Lipinski definition) is 7. The Bertz CT molecular complexity index is 1030. The van der Waals surface area contributed by atoms with Gasteiger partial charge in [0.2, 0.25) is 5.91 Å². The second-order valence-corrected chi connectivity index (χ2v) is 11.5. The van der Waals surface area contributed by atoms with Crippen LogP contribution in [-0.2, 0) is 11.3 Å². The summed E-state index contributed by atoms with van der Waals surface area (Å²) < 4.78 is 9.77. The van der Waals surface area contributed by atoms with Crippen molar-refractivity contribution in [3.63, 3.8) is 0 Å². The molecule has 1 atom stereocenters. The van der Waals surface area contributed by atoms with Crippen LogP contribution in [-0.4, -0.2) is 45.6 Å². The second kappa shape index (κ2) is 13.6. The van der Waals surface area contributed by atoms with E-state index in [1.807, 2.05) is 13.8 Å². The van der Waals surface area contributed by atoms with Crippen molar-refractivity contribution in [3.8, 4) is 0 Å². The van der Waals surface area contributed by atoms with Crippen LogP contribution in [0.2, 0.25) is 0 Å². The largest absolute Gasteiger partial charge is 0.467 e. The van der Waals surface area contributed by atoms with Crippen LogP contribution in [0.15, 0.2) is 22.8 Å². The van der Waals surface area contributed by atoms with Crippen LogP contribution in [0, 0.1) is 11.8 Å². The lowest BCUT2D eigenvalue weighted by atomic mass is 9.95. The highest BCUT2D eigenvalue weighted by atomic mass is 32.1. The van der Waals surface area contributed by atoms with Crippen LogP contribution in [0.25, 0.3) is 0 Å². The molecule has 9 nitrogen and oxygen atoms in total. The van der Waals surface area contributed by atoms with E-state index in [0.717, 1.165) is 43.6 Å². The maximum atomic E-state index is 13.9. The zero-order valence-electron chi connectivity index (χ0n) is 22.4. The first kappa shape index (κ1) is 28.7. The van der Waals surface area contributed by atoms with Crippen molar-refractivity contribution in [3.05, 3.63) is 34.7 Å². The Hall–Kier alpha value is -2.88. The van der Waals surface area contributed by atoms with Gasteiger partial charge in [-0.25, -0.2) is 0 Å². The number of amides is 3. The molecule has 4 N–H and O–H groups in total. The second-order valence-electron chi connectivity index (χ2n) is 10.7. The van der Waals surface area contributed by atoms with Crippen LogP contribution in [0.1, 0.15) is 98.6 Å². The van der Waals surface area contributed by atoms with Gasteiger partial charge in [0, 0.05) is 12.6 Å². The summed E-state index contributed by atoms with van der Waals surface area (Å²) in [6.07, 6.45) is 8.05. The molecule has 204 valence electrons. The Morgan fingerprint density at radius 2 is 1.89 bits per heavy atom. The van der Waals surface area contributed by atoms with Crippen molar-refractivity contribution >= 4 is 34.9 Å². The smallest absolute Gasteiger partial charge is 0.273 e. The average Bonchev–Trinajstić information content (AvgIpc) is 3.50. The third kappa shape index (κ3) is 8.05. The van der Waals surface area contributed by atoms with E-state index in [0.29, 0.717) is 24.6 Å². The first-order valence-corrected chi connectivity index (χ1v) is 14.1. The van der Waals surface area contributed by atoms with Crippen LogP contribution in [0.3, 0.4) is 0 Å². The maximum absolute atomic E-state index is 13.9. The van der Waals surface area contributed by atoms with E-state index in [1.54, 1.807) is 12.1 Å². The molecule has 3 amide bonds. The Labute approximate surface area is 223 Å². The van der Waals surface area contributed by atoms with Crippen molar-refractivity contribution in [2.45, 2.75) is 91.3 Å². The fourth-order valence-electron chi connectivity index (χ4n) is 4.56. The van der Waals surface area contributed by atoms with Crippen molar-refractivity contribution in [2.75, 3.05) is 12.3 Å². The van der Waals surface area contributed by atoms with Gasteiger partial charge in [0.15, 0.2) is 5.69 Å². The molecule has 0 saturated heterocycles. The van der Waals surface area contributed by atoms with Crippen LogP contribution in [0.4, 0.5) is 5.69 Å². The van der Waals surface area contributed by atoms with E-state index in [9.17, 15) is 14.4 Å². The molecule has 1 aliphatic carbocycles. The number of anilines is 1.